The van der Waals surface area contributed by atoms with E-state index in [1.54, 1.807) is 24.3 Å². The van der Waals surface area contributed by atoms with Crippen LogP contribution < -0.4 is 0 Å². The summed E-state index contributed by atoms with van der Waals surface area (Å²) in [6, 6.07) is 17.0. The molecule has 1 aromatic heterocycles. The van der Waals surface area contributed by atoms with E-state index in [4.69, 9.17) is 0 Å². The highest BCUT2D eigenvalue weighted by Crippen LogP contribution is 2.33. The fourth-order valence-corrected chi connectivity index (χ4v) is 3.78. The molecule has 1 aliphatic heterocycles. The number of imidazole rings is 1. The lowest BCUT2D eigenvalue weighted by Crippen LogP contribution is -2.23. The van der Waals surface area contributed by atoms with E-state index < -0.39 is 12.0 Å². The van der Waals surface area contributed by atoms with E-state index in [0.717, 1.165) is 26.1 Å². The zero-order valence-electron chi connectivity index (χ0n) is 14.3. The fraction of sp³-hybridized carbons (Fsp3) is 0.350. The number of hydrogen-bond donors (Lipinski definition) is 0. The summed E-state index contributed by atoms with van der Waals surface area (Å²) in [5.41, 5.74) is 2.19. The number of benzene rings is 2. The Hall–Kier alpha value is -2.34. The van der Waals surface area contributed by atoms with Crippen LogP contribution in [0.15, 0.2) is 54.6 Å². The van der Waals surface area contributed by atoms with E-state index >= 15 is 0 Å². The summed E-state index contributed by atoms with van der Waals surface area (Å²) in [5.74, 6) is -0.599. The van der Waals surface area contributed by atoms with Crippen molar-refractivity contribution < 1.29 is 13.2 Å². The molecule has 0 N–H and O–H groups in total. The van der Waals surface area contributed by atoms with Crippen LogP contribution in [0.25, 0.3) is 11.0 Å². The van der Waals surface area contributed by atoms with Gasteiger partial charge in [-0.2, -0.15) is 13.2 Å². The van der Waals surface area contributed by atoms with Gasteiger partial charge in [-0.15, -0.1) is 0 Å². The first-order chi connectivity index (χ1) is 12.5. The van der Waals surface area contributed by atoms with Crippen LogP contribution in [-0.2, 0) is 19.3 Å². The van der Waals surface area contributed by atoms with Crippen molar-refractivity contribution >= 4 is 11.0 Å². The van der Waals surface area contributed by atoms with Gasteiger partial charge in [-0.1, -0.05) is 42.5 Å². The molecule has 0 saturated carbocycles. The van der Waals surface area contributed by atoms with Crippen molar-refractivity contribution in [2.75, 3.05) is 13.1 Å². The maximum atomic E-state index is 13.4. The molecular formula is C20H20F3N3. The van der Waals surface area contributed by atoms with Crippen molar-refractivity contribution in [2.45, 2.75) is 25.7 Å². The normalized spacial score (nSPS) is 18.7. The first-order valence-corrected chi connectivity index (χ1v) is 8.79. The van der Waals surface area contributed by atoms with Crippen molar-refractivity contribution in [3.05, 3.63) is 66.0 Å². The van der Waals surface area contributed by atoms with Crippen LogP contribution in [0, 0.1) is 5.92 Å². The maximum absolute atomic E-state index is 13.4. The molecule has 0 spiro atoms. The highest BCUT2D eigenvalue weighted by atomic mass is 19.4. The van der Waals surface area contributed by atoms with Gasteiger partial charge in [-0.05, 0) is 36.6 Å². The van der Waals surface area contributed by atoms with Gasteiger partial charge < -0.3 is 4.57 Å². The molecule has 1 fully saturated rings. The molecule has 6 heteroatoms. The summed E-state index contributed by atoms with van der Waals surface area (Å²) in [6.45, 7) is 2.90. The molecule has 0 amide bonds. The van der Waals surface area contributed by atoms with Crippen LogP contribution in [0.5, 0.6) is 0 Å². The first kappa shape index (κ1) is 17.1. The standard InChI is InChI=1S/C20H20F3N3/c21-20(22,23)19-24-17-8-4-5-9-18(17)26(19)14-16-10-11-25(13-16)12-15-6-2-1-3-7-15/h1-9,16H,10-14H2/t16-/m0/s1. The van der Waals surface area contributed by atoms with Gasteiger partial charge >= 0.3 is 6.18 Å². The summed E-state index contributed by atoms with van der Waals surface area (Å²) in [7, 11) is 0. The van der Waals surface area contributed by atoms with E-state index in [1.165, 1.54) is 10.1 Å². The second-order valence-electron chi connectivity index (χ2n) is 6.91. The Bertz CT molecular complexity index is 886. The molecule has 1 saturated heterocycles. The van der Waals surface area contributed by atoms with Gasteiger partial charge in [0, 0.05) is 19.6 Å². The average Bonchev–Trinajstić information content (AvgIpc) is 3.21. The maximum Gasteiger partial charge on any atom is 0.449 e. The Morgan fingerprint density at radius 3 is 2.50 bits per heavy atom. The summed E-state index contributed by atoms with van der Waals surface area (Å²) >= 11 is 0. The van der Waals surface area contributed by atoms with E-state index in [1.807, 2.05) is 18.2 Å². The molecule has 3 nitrogen and oxygen atoms in total. The third-order valence-corrected chi connectivity index (χ3v) is 4.97. The smallest absolute Gasteiger partial charge is 0.320 e. The van der Waals surface area contributed by atoms with Crippen LogP contribution >= 0.6 is 0 Å². The van der Waals surface area contributed by atoms with Gasteiger partial charge in [0.25, 0.3) is 0 Å². The molecule has 0 radical (unpaired) electrons. The Kier molecular flexibility index (Phi) is 4.44. The second kappa shape index (κ2) is 6.76. The monoisotopic (exact) mass is 359 g/mol. The quantitative estimate of drug-likeness (QED) is 0.680. The topological polar surface area (TPSA) is 21.1 Å². The number of para-hydroxylation sites is 2. The third kappa shape index (κ3) is 3.46. The van der Waals surface area contributed by atoms with Gasteiger partial charge in [0.2, 0.25) is 5.82 Å². The zero-order valence-corrected chi connectivity index (χ0v) is 14.3. The van der Waals surface area contributed by atoms with E-state index in [2.05, 4.69) is 22.0 Å². The van der Waals surface area contributed by atoms with Gasteiger partial charge in [0.15, 0.2) is 0 Å². The molecule has 26 heavy (non-hydrogen) atoms. The van der Waals surface area contributed by atoms with Crippen LogP contribution in [-0.4, -0.2) is 27.5 Å². The average molecular weight is 359 g/mol. The first-order valence-electron chi connectivity index (χ1n) is 8.79. The summed E-state index contributed by atoms with van der Waals surface area (Å²) in [4.78, 5) is 6.15. The molecule has 1 atom stereocenters. The van der Waals surface area contributed by atoms with Gasteiger partial charge in [-0.3, -0.25) is 4.90 Å². The molecule has 136 valence electrons. The SMILES string of the molecule is FC(F)(F)c1nc2ccccc2n1C[C@H]1CCN(Cc2ccccc2)C1. The lowest BCUT2D eigenvalue weighted by Gasteiger charge is -2.18. The number of halogens is 3. The second-order valence-corrected chi connectivity index (χ2v) is 6.91. The summed E-state index contributed by atoms with van der Waals surface area (Å²) in [6.07, 6.45) is -3.54. The Labute approximate surface area is 150 Å². The zero-order chi connectivity index (χ0) is 18.1. The number of aromatic nitrogens is 2. The minimum atomic E-state index is -4.44. The van der Waals surface area contributed by atoms with Gasteiger partial charge in [-0.25, -0.2) is 4.98 Å². The molecule has 1 aliphatic rings. The predicted molar refractivity (Wildman–Crippen MR) is 94.6 cm³/mol. The Morgan fingerprint density at radius 2 is 1.73 bits per heavy atom. The van der Waals surface area contributed by atoms with E-state index in [-0.39, 0.29) is 5.92 Å². The molecule has 4 rings (SSSR count). The van der Waals surface area contributed by atoms with Gasteiger partial charge in [0.05, 0.1) is 11.0 Å². The molecule has 2 aromatic carbocycles. The van der Waals surface area contributed by atoms with Crippen LogP contribution in [0.2, 0.25) is 0 Å². The van der Waals surface area contributed by atoms with Crippen LogP contribution in [0.4, 0.5) is 13.2 Å². The van der Waals surface area contributed by atoms with Crippen molar-refractivity contribution in [2.24, 2.45) is 5.92 Å². The number of alkyl halides is 3. The van der Waals surface area contributed by atoms with Crippen molar-refractivity contribution in [3.8, 4) is 0 Å². The number of hydrogen-bond acceptors (Lipinski definition) is 2. The molecule has 0 bridgehead atoms. The lowest BCUT2D eigenvalue weighted by molar-refractivity contribution is -0.147. The Morgan fingerprint density at radius 1 is 1.00 bits per heavy atom. The lowest BCUT2D eigenvalue weighted by atomic mass is 10.1. The van der Waals surface area contributed by atoms with Crippen molar-refractivity contribution in [1.29, 1.82) is 0 Å². The number of likely N-dealkylation sites (tertiary alicyclic amines) is 1. The van der Waals surface area contributed by atoms with Crippen LogP contribution in [0.1, 0.15) is 17.8 Å². The highest BCUT2D eigenvalue weighted by Gasteiger charge is 2.38. The molecule has 0 aliphatic carbocycles. The fourth-order valence-electron chi connectivity index (χ4n) is 3.78. The van der Waals surface area contributed by atoms with Crippen LogP contribution in [0.3, 0.4) is 0 Å². The largest absolute Gasteiger partial charge is 0.449 e. The Balaban J connectivity index is 1.53. The minimum absolute atomic E-state index is 0.192. The summed E-state index contributed by atoms with van der Waals surface area (Å²) < 4.78 is 41.6. The number of fused-ring (bicyclic) bond motifs is 1. The van der Waals surface area contributed by atoms with Gasteiger partial charge in [0.1, 0.15) is 0 Å². The summed E-state index contributed by atoms with van der Waals surface area (Å²) in [5, 5.41) is 0. The van der Waals surface area contributed by atoms with Crippen molar-refractivity contribution in [1.82, 2.24) is 14.5 Å². The molecule has 0 unspecified atom stereocenters. The van der Waals surface area contributed by atoms with E-state index in [9.17, 15) is 13.2 Å². The third-order valence-electron chi connectivity index (χ3n) is 4.97. The molecular weight excluding hydrogens is 339 g/mol. The number of nitrogens with zero attached hydrogens (tertiary/aromatic N) is 3. The predicted octanol–water partition coefficient (Wildman–Crippen LogP) is 4.58. The molecule has 3 aromatic rings. The number of rotatable bonds is 4. The molecule has 2 heterocycles. The minimum Gasteiger partial charge on any atom is -0.320 e. The van der Waals surface area contributed by atoms with Crippen molar-refractivity contribution in [3.63, 3.8) is 0 Å². The van der Waals surface area contributed by atoms with E-state index in [0.29, 0.717) is 17.6 Å². The highest BCUT2D eigenvalue weighted by molar-refractivity contribution is 5.76.